The van der Waals surface area contributed by atoms with Gasteiger partial charge in [0.2, 0.25) is 0 Å². The van der Waals surface area contributed by atoms with E-state index in [0.29, 0.717) is 0 Å². The molecular formula is C8H12Os. The summed E-state index contributed by atoms with van der Waals surface area (Å²) in [5.74, 6) is 0. The van der Waals surface area contributed by atoms with E-state index >= 15 is 0 Å². The molecule has 0 aromatic heterocycles. The van der Waals surface area contributed by atoms with Crippen LogP contribution in [0.4, 0.5) is 0 Å². The summed E-state index contributed by atoms with van der Waals surface area (Å²) in [6.45, 7) is 0. The third-order valence-corrected chi connectivity index (χ3v) is 1.37. The molecule has 1 aliphatic rings. The summed E-state index contributed by atoms with van der Waals surface area (Å²) in [5, 5.41) is 0. The van der Waals surface area contributed by atoms with Crippen LogP contribution in [0.2, 0.25) is 0 Å². The van der Waals surface area contributed by atoms with Gasteiger partial charge in [-0.25, -0.2) is 0 Å². The van der Waals surface area contributed by atoms with E-state index < -0.39 is 0 Å². The molecule has 0 bridgehead atoms. The number of hydrogen-bond donors (Lipinski definition) is 0. The molecule has 0 aromatic carbocycles. The zero-order valence-electron chi connectivity index (χ0n) is 5.49. The van der Waals surface area contributed by atoms with Crippen molar-refractivity contribution in [1.29, 1.82) is 0 Å². The second-order valence-corrected chi connectivity index (χ2v) is 2.14. The van der Waals surface area contributed by atoms with E-state index in [0.717, 1.165) is 0 Å². The smallest absolute Gasteiger partial charge is 0 e. The van der Waals surface area contributed by atoms with Gasteiger partial charge in [-0.15, -0.1) is 0 Å². The standard InChI is InChI=1S/C8H12.Os/c1-2-4-6-8-7-5-3-1;/h1-4H,5-8H2;. The van der Waals surface area contributed by atoms with E-state index in [1.807, 2.05) is 0 Å². The Kier molecular flexibility index (Phi) is 6.32. The van der Waals surface area contributed by atoms with E-state index in [2.05, 4.69) is 24.3 Å². The average molecular weight is 298 g/mol. The van der Waals surface area contributed by atoms with Crippen LogP contribution in [0.3, 0.4) is 0 Å². The van der Waals surface area contributed by atoms with Gasteiger partial charge in [0, 0.05) is 19.8 Å². The minimum absolute atomic E-state index is 0. The first-order valence-electron chi connectivity index (χ1n) is 3.32. The predicted molar refractivity (Wildman–Crippen MR) is 36.7 cm³/mol. The maximum absolute atomic E-state index is 2.23. The molecule has 0 saturated carbocycles. The Morgan fingerprint density at radius 1 is 0.778 bits per heavy atom. The monoisotopic (exact) mass is 300 g/mol. The van der Waals surface area contributed by atoms with Crippen molar-refractivity contribution < 1.29 is 19.8 Å². The Bertz CT molecular complexity index is 89.1. The Labute approximate surface area is 70.1 Å². The van der Waals surface area contributed by atoms with E-state index in [1.54, 1.807) is 0 Å². The van der Waals surface area contributed by atoms with E-state index in [4.69, 9.17) is 0 Å². The predicted octanol–water partition coefficient (Wildman–Crippen LogP) is 2.67. The average Bonchev–Trinajstić information content (AvgIpc) is 1.62. The maximum atomic E-state index is 2.23. The van der Waals surface area contributed by atoms with Crippen LogP contribution in [0.25, 0.3) is 0 Å². The van der Waals surface area contributed by atoms with Gasteiger partial charge in [-0.05, 0) is 25.7 Å². The molecule has 0 N–H and O–H groups in total. The summed E-state index contributed by atoms with van der Waals surface area (Å²) in [6, 6.07) is 0. The molecule has 0 heterocycles. The normalized spacial score (nSPS) is 17.8. The topological polar surface area (TPSA) is 0 Å². The summed E-state index contributed by atoms with van der Waals surface area (Å²) in [5.41, 5.74) is 0. The third-order valence-electron chi connectivity index (χ3n) is 1.37. The van der Waals surface area contributed by atoms with Gasteiger partial charge in [-0.1, -0.05) is 24.3 Å². The fourth-order valence-corrected chi connectivity index (χ4v) is 0.874. The van der Waals surface area contributed by atoms with Crippen LogP contribution < -0.4 is 0 Å². The van der Waals surface area contributed by atoms with Crippen molar-refractivity contribution in [2.24, 2.45) is 0 Å². The quantitative estimate of drug-likeness (QED) is 0.645. The van der Waals surface area contributed by atoms with E-state index in [-0.39, 0.29) is 19.8 Å². The van der Waals surface area contributed by atoms with Crippen molar-refractivity contribution in [1.82, 2.24) is 0 Å². The number of hydrogen-bond acceptors (Lipinski definition) is 0. The van der Waals surface area contributed by atoms with Gasteiger partial charge in [-0.3, -0.25) is 0 Å². The number of allylic oxidation sites excluding steroid dienone is 4. The van der Waals surface area contributed by atoms with Crippen LogP contribution in [-0.4, -0.2) is 0 Å². The van der Waals surface area contributed by atoms with Crippen molar-refractivity contribution in [2.45, 2.75) is 25.7 Å². The van der Waals surface area contributed by atoms with Gasteiger partial charge in [0.25, 0.3) is 0 Å². The molecule has 0 radical (unpaired) electrons. The molecule has 0 nitrogen and oxygen atoms in total. The molecular weight excluding hydrogens is 286 g/mol. The zero-order chi connectivity index (χ0) is 5.66. The van der Waals surface area contributed by atoms with Crippen LogP contribution in [0.1, 0.15) is 25.7 Å². The number of rotatable bonds is 0. The summed E-state index contributed by atoms with van der Waals surface area (Å²) < 4.78 is 0. The van der Waals surface area contributed by atoms with Crippen LogP contribution in [-0.2, 0) is 19.8 Å². The van der Waals surface area contributed by atoms with Gasteiger partial charge in [-0.2, -0.15) is 0 Å². The Morgan fingerprint density at radius 3 is 1.67 bits per heavy atom. The molecule has 1 heteroatoms. The molecule has 0 spiro atoms. The molecule has 0 amide bonds. The molecule has 0 saturated heterocycles. The van der Waals surface area contributed by atoms with Crippen LogP contribution in [0, 0.1) is 0 Å². The molecule has 1 aliphatic carbocycles. The van der Waals surface area contributed by atoms with Crippen molar-refractivity contribution in [3.05, 3.63) is 24.3 Å². The van der Waals surface area contributed by atoms with Crippen molar-refractivity contribution in [2.75, 3.05) is 0 Å². The molecule has 0 aromatic rings. The molecule has 52 valence electrons. The van der Waals surface area contributed by atoms with Gasteiger partial charge in [0.1, 0.15) is 0 Å². The Hall–Kier alpha value is 0.116. The SMILES string of the molecule is C1=CCCCCC=C1.[Os]. The van der Waals surface area contributed by atoms with Crippen LogP contribution in [0.5, 0.6) is 0 Å². The van der Waals surface area contributed by atoms with Crippen LogP contribution >= 0.6 is 0 Å². The van der Waals surface area contributed by atoms with Crippen molar-refractivity contribution in [3.63, 3.8) is 0 Å². The molecule has 0 atom stereocenters. The molecule has 0 unspecified atom stereocenters. The molecule has 9 heavy (non-hydrogen) atoms. The van der Waals surface area contributed by atoms with Crippen molar-refractivity contribution in [3.8, 4) is 0 Å². The van der Waals surface area contributed by atoms with Crippen molar-refractivity contribution >= 4 is 0 Å². The van der Waals surface area contributed by atoms with Gasteiger partial charge in [0.05, 0.1) is 0 Å². The Balaban J connectivity index is 0.000000640. The summed E-state index contributed by atoms with van der Waals surface area (Å²) in [6.07, 6.45) is 14.0. The summed E-state index contributed by atoms with van der Waals surface area (Å²) >= 11 is 0. The summed E-state index contributed by atoms with van der Waals surface area (Å²) in [4.78, 5) is 0. The fourth-order valence-electron chi connectivity index (χ4n) is 0.874. The first kappa shape index (κ1) is 9.12. The Morgan fingerprint density at radius 2 is 1.22 bits per heavy atom. The second-order valence-electron chi connectivity index (χ2n) is 2.14. The fraction of sp³-hybridized carbons (Fsp3) is 0.500. The largest absolute Gasteiger partial charge is 0.0845 e. The zero-order valence-corrected chi connectivity index (χ0v) is 8.03. The first-order chi connectivity index (χ1) is 4.00. The van der Waals surface area contributed by atoms with Crippen LogP contribution in [0.15, 0.2) is 24.3 Å². The second kappa shape index (κ2) is 6.24. The minimum Gasteiger partial charge on any atom is -0.0845 e. The molecule has 1 rings (SSSR count). The van der Waals surface area contributed by atoms with E-state index in [9.17, 15) is 0 Å². The minimum atomic E-state index is 0. The maximum Gasteiger partial charge on any atom is 0 e. The van der Waals surface area contributed by atoms with Gasteiger partial charge in [0.15, 0.2) is 0 Å². The first-order valence-corrected chi connectivity index (χ1v) is 3.32. The van der Waals surface area contributed by atoms with E-state index in [1.165, 1.54) is 25.7 Å². The van der Waals surface area contributed by atoms with Gasteiger partial charge < -0.3 is 0 Å². The summed E-state index contributed by atoms with van der Waals surface area (Å²) in [7, 11) is 0. The molecule has 0 aliphatic heterocycles. The third kappa shape index (κ3) is 4.61. The van der Waals surface area contributed by atoms with Gasteiger partial charge >= 0.3 is 0 Å². The molecule has 0 fully saturated rings.